The summed E-state index contributed by atoms with van der Waals surface area (Å²) < 4.78 is 64.5. The molecule has 41 heavy (non-hydrogen) atoms. The number of carbonyl (C=O) groups excluding carboxylic acids is 4. The number of hydrogen-bond donors (Lipinski definition) is 2. The molecule has 1 heterocycles. The fourth-order valence-corrected chi connectivity index (χ4v) is 4.80. The third kappa shape index (κ3) is 6.26. The van der Waals surface area contributed by atoms with Gasteiger partial charge in [0.15, 0.2) is 0 Å². The molecule has 2 aromatic rings. The number of nitrogens with zero attached hydrogens (tertiary/aromatic N) is 2. The second-order valence-corrected chi connectivity index (χ2v) is 9.70. The molecule has 0 aromatic heterocycles. The lowest BCUT2D eigenvalue weighted by Crippen LogP contribution is -2.51. The Morgan fingerprint density at radius 3 is 2.54 bits per heavy atom. The lowest BCUT2D eigenvalue weighted by Gasteiger charge is -2.31. The third-order valence-corrected chi connectivity index (χ3v) is 7.03. The van der Waals surface area contributed by atoms with Gasteiger partial charge >= 0.3 is 18.3 Å². The van der Waals surface area contributed by atoms with E-state index in [9.17, 15) is 36.7 Å². The van der Waals surface area contributed by atoms with E-state index in [1.165, 1.54) is 31.4 Å². The molecule has 4 rings (SSSR count). The molecule has 14 heteroatoms. The van der Waals surface area contributed by atoms with Crippen molar-refractivity contribution in [1.82, 2.24) is 15.1 Å². The number of ether oxygens (including phenoxy) is 2. The van der Waals surface area contributed by atoms with Crippen molar-refractivity contribution in [3.05, 3.63) is 65.0 Å². The lowest BCUT2D eigenvalue weighted by atomic mass is 9.94. The SMILES string of the molecule is COCCNC(=O)Nc1ccc2c(c1)CC[C@@]21OC(=O)N(CC(=O)N(Cc2ccc(F)cc2)[C@@H](C)C(F)(F)F)C1=O. The minimum absolute atomic E-state index is 0.0549. The van der Waals surface area contributed by atoms with Gasteiger partial charge in [0.05, 0.1) is 6.61 Å². The fourth-order valence-electron chi connectivity index (χ4n) is 4.80. The monoisotopic (exact) mass is 580 g/mol. The number of nitrogens with one attached hydrogen (secondary N) is 2. The smallest absolute Gasteiger partial charge is 0.418 e. The summed E-state index contributed by atoms with van der Waals surface area (Å²) in [4.78, 5) is 52.4. The summed E-state index contributed by atoms with van der Waals surface area (Å²) >= 11 is 0. The highest BCUT2D eigenvalue weighted by atomic mass is 19.4. The molecule has 2 N–H and O–H groups in total. The zero-order valence-electron chi connectivity index (χ0n) is 22.2. The van der Waals surface area contributed by atoms with Crippen LogP contribution in [-0.2, 0) is 37.6 Å². The van der Waals surface area contributed by atoms with Crippen molar-refractivity contribution in [2.75, 3.05) is 32.1 Å². The lowest BCUT2D eigenvalue weighted by molar-refractivity contribution is -0.187. The predicted molar refractivity (Wildman–Crippen MR) is 136 cm³/mol. The van der Waals surface area contributed by atoms with E-state index >= 15 is 0 Å². The number of benzene rings is 2. The number of rotatable bonds is 9. The molecule has 1 fully saturated rings. The number of fused-ring (bicyclic) bond motifs is 2. The van der Waals surface area contributed by atoms with Crippen molar-refractivity contribution in [1.29, 1.82) is 0 Å². The van der Waals surface area contributed by atoms with Crippen molar-refractivity contribution in [2.45, 2.75) is 44.1 Å². The van der Waals surface area contributed by atoms with Crippen molar-refractivity contribution in [2.24, 2.45) is 0 Å². The van der Waals surface area contributed by atoms with E-state index in [0.717, 1.165) is 19.1 Å². The summed E-state index contributed by atoms with van der Waals surface area (Å²) in [6, 6.07) is 6.53. The molecular weight excluding hydrogens is 552 g/mol. The van der Waals surface area contributed by atoms with Crippen LogP contribution in [0.25, 0.3) is 0 Å². The zero-order chi connectivity index (χ0) is 29.9. The quantitative estimate of drug-likeness (QED) is 0.345. The molecule has 0 unspecified atom stereocenters. The van der Waals surface area contributed by atoms with Gasteiger partial charge in [-0.1, -0.05) is 18.2 Å². The molecule has 0 saturated carbocycles. The Morgan fingerprint density at radius 2 is 1.88 bits per heavy atom. The first-order valence-corrected chi connectivity index (χ1v) is 12.7. The van der Waals surface area contributed by atoms with E-state index in [1.807, 2.05) is 0 Å². The van der Waals surface area contributed by atoms with Crippen LogP contribution in [-0.4, -0.2) is 72.8 Å². The molecule has 2 aromatic carbocycles. The highest BCUT2D eigenvalue weighted by molar-refractivity contribution is 6.06. The molecule has 2 atom stereocenters. The van der Waals surface area contributed by atoms with Crippen LogP contribution in [0.1, 0.15) is 30.0 Å². The second kappa shape index (κ2) is 11.7. The van der Waals surface area contributed by atoms with Gasteiger partial charge in [0.25, 0.3) is 5.91 Å². The number of hydrogen-bond acceptors (Lipinski definition) is 6. The van der Waals surface area contributed by atoms with Crippen LogP contribution in [0.5, 0.6) is 0 Å². The van der Waals surface area contributed by atoms with Crippen molar-refractivity contribution in [3.8, 4) is 0 Å². The molecule has 1 spiro atoms. The van der Waals surface area contributed by atoms with Crippen molar-refractivity contribution in [3.63, 3.8) is 0 Å². The maximum absolute atomic E-state index is 13.6. The van der Waals surface area contributed by atoms with Gasteiger partial charge in [0.2, 0.25) is 11.5 Å². The molecule has 0 bridgehead atoms. The maximum atomic E-state index is 13.6. The van der Waals surface area contributed by atoms with Gasteiger partial charge in [-0.15, -0.1) is 0 Å². The fraction of sp³-hybridized carbons (Fsp3) is 0.407. The largest absolute Gasteiger partial charge is 0.427 e. The Hall–Kier alpha value is -4.20. The molecule has 220 valence electrons. The number of methoxy groups -OCH3 is 1. The first kappa shape index (κ1) is 29.8. The third-order valence-electron chi connectivity index (χ3n) is 7.03. The normalized spacial score (nSPS) is 18.7. The van der Waals surface area contributed by atoms with Gasteiger partial charge in [0, 0.05) is 37.9 Å². The van der Waals surface area contributed by atoms with Gasteiger partial charge in [-0.25, -0.2) is 18.9 Å². The van der Waals surface area contributed by atoms with Crippen LogP contribution in [0.2, 0.25) is 0 Å². The summed E-state index contributed by atoms with van der Waals surface area (Å²) in [6.07, 6.45) is -5.60. The summed E-state index contributed by atoms with van der Waals surface area (Å²) in [6.45, 7) is -0.106. The summed E-state index contributed by atoms with van der Waals surface area (Å²) in [7, 11) is 1.50. The van der Waals surface area contributed by atoms with E-state index in [4.69, 9.17) is 9.47 Å². The van der Waals surface area contributed by atoms with Crippen LogP contribution in [0.4, 0.5) is 32.8 Å². The number of halogens is 4. The van der Waals surface area contributed by atoms with E-state index < -0.39 is 60.7 Å². The first-order valence-electron chi connectivity index (χ1n) is 12.7. The minimum atomic E-state index is -4.80. The highest BCUT2D eigenvalue weighted by Crippen LogP contribution is 2.46. The van der Waals surface area contributed by atoms with Gasteiger partial charge in [0.1, 0.15) is 18.4 Å². The Bertz CT molecular complexity index is 1340. The Kier molecular flexibility index (Phi) is 8.52. The summed E-state index contributed by atoms with van der Waals surface area (Å²) in [5.74, 6) is -2.61. The van der Waals surface area contributed by atoms with E-state index in [1.54, 1.807) is 6.07 Å². The number of aryl methyl sites for hydroxylation is 1. The van der Waals surface area contributed by atoms with Gasteiger partial charge in [-0.3, -0.25) is 9.59 Å². The van der Waals surface area contributed by atoms with Gasteiger partial charge in [-0.2, -0.15) is 13.2 Å². The predicted octanol–water partition coefficient (Wildman–Crippen LogP) is 3.69. The Balaban J connectivity index is 1.51. The number of imide groups is 1. The Morgan fingerprint density at radius 1 is 1.17 bits per heavy atom. The van der Waals surface area contributed by atoms with Gasteiger partial charge < -0.3 is 25.0 Å². The minimum Gasteiger partial charge on any atom is -0.427 e. The molecule has 2 aliphatic rings. The molecule has 5 amide bonds. The van der Waals surface area contributed by atoms with Crippen LogP contribution >= 0.6 is 0 Å². The Labute approximate surface area is 232 Å². The summed E-state index contributed by atoms with van der Waals surface area (Å²) in [5, 5.41) is 5.25. The van der Waals surface area contributed by atoms with Crippen LogP contribution < -0.4 is 10.6 Å². The maximum Gasteiger partial charge on any atom is 0.418 e. The average Bonchev–Trinajstić information content (AvgIpc) is 3.39. The molecule has 0 radical (unpaired) electrons. The van der Waals surface area contributed by atoms with Crippen LogP contribution in [0.15, 0.2) is 42.5 Å². The van der Waals surface area contributed by atoms with Gasteiger partial charge in [-0.05, 0) is 48.7 Å². The van der Waals surface area contributed by atoms with Crippen molar-refractivity contribution < 1.29 is 46.2 Å². The van der Waals surface area contributed by atoms with Crippen molar-refractivity contribution >= 4 is 29.6 Å². The number of urea groups is 1. The second-order valence-electron chi connectivity index (χ2n) is 9.70. The van der Waals surface area contributed by atoms with Crippen LogP contribution in [0, 0.1) is 5.82 Å². The molecule has 1 saturated heterocycles. The molecule has 10 nitrogen and oxygen atoms in total. The highest BCUT2D eigenvalue weighted by Gasteiger charge is 2.58. The standard InChI is InChI=1S/C27H28F4N4O6/c1-16(27(29,30)31)34(14-17-3-5-19(28)6-4-17)22(36)15-35-23(37)26(41-25(35)39)10-9-18-13-20(7-8-21(18)26)33-24(38)32-11-12-40-2/h3-8,13,16H,9-12,14-15H2,1-2H3,(H2,32,33,38)/t16-,26+/m0/s1. The topological polar surface area (TPSA) is 117 Å². The molecular formula is C27H28F4N4O6. The summed E-state index contributed by atoms with van der Waals surface area (Å²) in [5.41, 5.74) is -0.0921. The van der Waals surface area contributed by atoms with E-state index in [2.05, 4.69) is 10.6 Å². The van der Waals surface area contributed by atoms with Crippen LogP contribution in [0.3, 0.4) is 0 Å². The molecule has 1 aliphatic heterocycles. The van der Waals surface area contributed by atoms with E-state index in [0.29, 0.717) is 46.2 Å². The number of anilines is 1. The zero-order valence-corrected chi connectivity index (χ0v) is 22.2. The molecule has 1 aliphatic carbocycles. The average molecular weight is 581 g/mol. The first-order chi connectivity index (χ1) is 19.4. The number of alkyl halides is 3. The number of amides is 5. The number of carbonyl (C=O) groups is 4. The van der Waals surface area contributed by atoms with E-state index in [-0.39, 0.29) is 12.0 Å².